The number of amides is 1. The molecule has 2 fully saturated rings. The number of rotatable bonds is 6. The molecule has 1 saturated heterocycles. The average molecular weight is 253 g/mol. The maximum atomic E-state index is 11.9. The Morgan fingerprint density at radius 3 is 2.72 bits per heavy atom. The highest BCUT2D eigenvalue weighted by atomic mass is 16.1. The molecule has 2 aliphatic rings. The van der Waals surface area contributed by atoms with Gasteiger partial charge in [-0.2, -0.15) is 0 Å². The van der Waals surface area contributed by atoms with E-state index in [-0.39, 0.29) is 5.91 Å². The van der Waals surface area contributed by atoms with E-state index in [0.717, 1.165) is 38.8 Å². The molecule has 104 valence electrons. The van der Waals surface area contributed by atoms with Crippen LogP contribution in [0.25, 0.3) is 0 Å². The zero-order chi connectivity index (χ0) is 13.0. The Balaban J connectivity index is 1.93. The summed E-state index contributed by atoms with van der Waals surface area (Å²) in [6.07, 6.45) is 6.96. The number of hydrogen-bond donors (Lipinski definition) is 2. The van der Waals surface area contributed by atoms with Crippen LogP contribution in [-0.2, 0) is 4.79 Å². The summed E-state index contributed by atoms with van der Waals surface area (Å²) in [5, 5.41) is 3.39. The number of nitrogens with one attached hydrogen (secondary N) is 1. The van der Waals surface area contributed by atoms with Gasteiger partial charge in [0, 0.05) is 0 Å². The molecule has 0 aromatic carbocycles. The van der Waals surface area contributed by atoms with Crippen LogP contribution in [0.4, 0.5) is 0 Å². The average Bonchev–Trinajstić information content (AvgIpc) is 2.96. The lowest BCUT2D eigenvalue weighted by Gasteiger charge is -2.34. The van der Waals surface area contributed by atoms with Gasteiger partial charge >= 0.3 is 0 Å². The lowest BCUT2D eigenvalue weighted by molar-refractivity contribution is -0.126. The lowest BCUT2D eigenvalue weighted by Crippen LogP contribution is -2.58. The zero-order valence-electron chi connectivity index (χ0n) is 11.6. The topological polar surface area (TPSA) is 58.4 Å². The fourth-order valence-corrected chi connectivity index (χ4v) is 3.77. The normalized spacial score (nSPS) is 33.1. The Labute approximate surface area is 110 Å². The molecule has 0 aromatic rings. The highest BCUT2D eigenvalue weighted by Gasteiger charge is 2.46. The quantitative estimate of drug-likeness (QED) is 0.745. The maximum Gasteiger partial charge on any atom is 0.238 e. The molecule has 2 atom stereocenters. The van der Waals surface area contributed by atoms with Crippen LogP contribution >= 0.6 is 0 Å². The van der Waals surface area contributed by atoms with Gasteiger partial charge in [-0.3, -0.25) is 4.79 Å². The molecule has 0 radical (unpaired) electrons. The van der Waals surface area contributed by atoms with E-state index in [1.165, 1.54) is 25.9 Å². The van der Waals surface area contributed by atoms with Gasteiger partial charge in [0.25, 0.3) is 0 Å². The van der Waals surface area contributed by atoms with Crippen molar-refractivity contribution in [2.24, 2.45) is 11.7 Å². The van der Waals surface area contributed by atoms with Crippen molar-refractivity contribution in [2.75, 3.05) is 26.2 Å². The molecule has 0 spiro atoms. The van der Waals surface area contributed by atoms with Crippen LogP contribution in [0.15, 0.2) is 0 Å². The summed E-state index contributed by atoms with van der Waals surface area (Å²) < 4.78 is 0. The molecular formula is C14H27N3O. The van der Waals surface area contributed by atoms with Crippen LogP contribution in [0.1, 0.15) is 45.4 Å². The number of likely N-dealkylation sites (tertiary alicyclic amines) is 1. The monoisotopic (exact) mass is 253 g/mol. The van der Waals surface area contributed by atoms with Crippen molar-refractivity contribution in [2.45, 2.75) is 51.0 Å². The molecule has 0 aromatic heterocycles. The smallest absolute Gasteiger partial charge is 0.238 e. The van der Waals surface area contributed by atoms with Gasteiger partial charge in [-0.1, -0.05) is 13.3 Å². The summed E-state index contributed by atoms with van der Waals surface area (Å²) in [6, 6.07) is 0. The van der Waals surface area contributed by atoms with Crippen LogP contribution in [0.2, 0.25) is 0 Å². The third-order valence-corrected chi connectivity index (χ3v) is 4.75. The minimum absolute atomic E-state index is 0.145. The molecule has 4 nitrogen and oxygen atoms in total. The number of nitrogens with two attached hydrogens (primary N) is 1. The van der Waals surface area contributed by atoms with Crippen LogP contribution < -0.4 is 11.1 Å². The Morgan fingerprint density at radius 2 is 2.11 bits per heavy atom. The van der Waals surface area contributed by atoms with Crippen molar-refractivity contribution < 1.29 is 4.79 Å². The fraction of sp³-hybridized carbons (Fsp3) is 0.929. The number of carbonyl (C=O) groups is 1. The molecule has 1 heterocycles. The first kappa shape index (κ1) is 13.8. The first-order valence-electron chi connectivity index (χ1n) is 7.46. The van der Waals surface area contributed by atoms with Crippen molar-refractivity contribution in [1.82, 2.24) is 10.2 Å². The fourth-order valence-electron chi connectivity index (χ4n) is 3.77. The van der Waals surface area contributed by atoms with Gasteiger partial charge in [0.05, 0.1) is 0 Å². The van der Waals surface area contributed by atoms with Crippen molar-refractivity contribution >= 4 is 5.91 Å². The SMILES string of the molecule is CCNC1(C(N)=O)CCCC1CCN1CCCC1. The first-order chi connectivity index (χ1) is 8.69. The minimum Gasteiger partial charge on any atom is -0.368 e. The Hall–Kier alpha value is -0.610. The zero-order valence-corrected chi connectivity index (χ0v) is 11.6. The predicted octanol–water partition coefficient (Wildman–Crippen LogP) is 1.11. The van der Waals surface area contributed by atoms with Crippen molar-refractivity contribution in [3.05, 3.63) is 0 Å². The van der Waals surface area contributed by atoms with Crippen molar-refractivity contribution in [3.63, 3.8) is 0 Å². The Kier molecular flexibility index (Phi) is 4.62. The summed E-state index contributed by atoms with van der Waals surface area (Å²) in [5.41, 5.74) is 5.26. The molecule has 1 aliphatic carbocycles. The van der Waals surface area contributed by atoms with E-state index in [9.17, 15) is 4.79 Å². The minimum atomic E-state index is -0.422. The van der Waals surface area contributed by atoms with E-state index >= 15 is 0 Å². The van der Waals surface area contributed by atoms with E-state index < -0.39 is 5.54 Å². The van der Waals surface area contributed by atoms with E-state index in [4.69, 9.17) is 5.73 Å². The van der Waals surface area contributed by atoms with E-state index in [1.807, 2.05) is 0 Å². The lowest BCUT2D eigenvalue weighted by atomic mass is 9.83. The standard InChI is InChI=1S/C14H27N3O/c1-2-16-14(13(15)18)8-5-6-12(14)7-11-17-9-3-4-10-17/h12,16H,2-11H2,1H3,(H2,15,18). The summed E-state index contributed by atoms with van der Waals surface area (Å²) in [4.78, 5) is 14.4. The first-order valence-corrected chi connectivity index (χ1v) is 7.46. The molecule has 2 rings (SSSR count). The third-order valence-electron chi connectivity index (χ3n) is 4.75. The van der Waals surface area contributed by atoms with Crippen LogP contribution in [0, 0.1) is 5.92 Å². The molecule has 18 heavy (non-hydrogen) atoms. The van der Waals surface area contributed by atoms with Crippen molar-refractivity contribution in [3.8, 4) is 0 Å². The van der Waals surface area contributed by atoms with Crippen molar-refractivity contribution in [1.29, 1.82) is 0 Å². The van der Waals surface area contributed by atoms with Crippen LogP contribution in [0.3, 0.4) is 0 Å². The molecule has 4 heteroatoms. The number of nitrogens with zero attached hydrogens (tertiary/aromatic N) is 1. The summed E-state index contributed by atoms with van der Waals surface area (Å²) in [7, 11) is 0. The number of primary amides is 1. The highest BCUT2D eigenvalue weighted by Crippen LogP contribution is 2.38. The molecule has 2 unspecified atom stereocenters. The molecular weight excluding hydrogens is 226 g/mol. The van der Waals surface area contributed by atoms with E-state index in [1.54, 1.807) is 0 Å². The van der Waals surface area contributed by atoms with Gasteiger partial charge in [0.2, 0.25) is 5.91 Å². The summed E-state index contributed by atoms with van der Waals surface area (Å²) in [5.74, 6) is 0.281. The number of hydrogen-bond acceptors (Lipinski definition) is 3. The van der Waals surface area contributed by atoms with Crippen LogP contribution in [0.5, 0.6) is 0 Å². The molecule has 3 N–H and O–H groups in total. The van der Waals surface area contributed by atoms with Crippen LogP contribution in [-0.4, -0.2) is 42.5 Å². The van der Waals surface area contributed by atoms with E-state index in [2.05, 4.69) is 17.1 Å². The molecule has 1 amide bonds. The summed E-state index contributed by atoms with van der Waals surface area (Å²) >= 11 is 0. The largest absolute Gasteiger partial charge is 0.368 e. The second-order valence-corrected chi connectivity index (χ2v) is 5.79. The second-order valence-electron chi connectivity index (χ2n) is 5.79. The third kappa shape index (κ3) is 2.69. The molecule has 0 bridgehead atoms. The van der Waals surface area contributed by atoms with Gasteiger partial charge in [-0.25, -0.2) is 0 Å². The maximum absolute atomic E-state index is 11.9. The molecule has 1 aliphatic heterocycles. The summed E-state index contributed by atoms with van der Waals surface area (Å²) in [6.45, 7) is 6.48. The van der Waals surface area contributed by atoms with Gasteiger partial charge < -0.3 is 16.0 Å². The van der Waals surface area contributed by atoms with Gasteiger partial charge in [-0.05, 0) is 64.2 Å². The number of carbonyl (C=O) groups excluding carboxylic acids is 1. The number of likely N-dealkylation sites (N-methyl/N-ethyl adjacent to an activating group) is 1. The Bertz CT molecular complexity index is 289. The van der Waals surface area contributed by atoms with Gasteiger partial charge in [-0.15, -0.1) is 0 Å². The molecule has 1 saturated carbocycles. The van der Waals surface area contributed by atoms with Gasteiger partial charge in [0.15, 0.2) is 0 Å². The predicted molar refractivity (Wildman–Crippen MR) is 73.2 cm³/mol. The van der Waals surface area contributed by atoms with Gasteiger partial charge in [0.1, 0.15) is 5.54 Å². The highest BCUT2D eigenvalue weighted by molar-refractivity contribution is 5.85. The van der Waals surface area contributed by atoms with E-state index in [0.29, 0.717) is 5.92 Å². The Morgan fingerprint density at radius 1 is 1.39 bits per heavy atom. The second kappa shape index (κ2) is 6.02.